The first-order valence-corrected chi connectivity index (χ1v) is 9.41. The summed E-state index contributed by atoms with van der Waals surface area (Å²) in [6.45, 7) is 0.171. The molecule has 1 aliphatic rings. The van der Waals surface area contributed by atoms with E-state index in [1.807, 2.05) is 30.3 Å². The minimum absolute atomic E-state index is 0.119. The number of methoxy groups -OCH3 is 3. The van der Waals surface area contributed by atoms with Crippen LogP contribution in [0.3, 0.4) is 0 Å². The standard InChI is InChI=1S/C22H24N2O6/c1-28-16-10-9-15(11-17(16)29-2)13-24-20(22(27)30-3)19(21(24)26)23-18(25)12-14-7-5-4-6-8-14/h4-11,19-20H,12-13H2,1-3H3,(H,23,25). The van der Waals surface area contributed by atoms with Crippen LogP contribution in [0.1, 0.15) is 11.1 Å². The van der Waals surface area contributed by atoms with Crippen LogP contribution >= 0.6 is 0 Å². The van der Waals surface area contributed by atoms with Gasteiger partial charge in [-0.3, -0.25) is 9.59 Å². The number of benzene rings is 2. The number of esters is 1. The zero-order valence-corrected chi connectivity index (χ0v) is 17.1. The van der Waals surface area contributed by atoms with Crippen molar-refractivity contribution >= 4 is 17.8 Å². The smallest absolute Gasteiger partial charge is 0.331 e. The second-order valence-corrected chi connectivity index (χ2v) is 6.83. The van der Waals surface area contributed by atoms with E-state index < -0.39 is 18.1 Å². The first-order chi connectivity index (χ1) is 14.5. The summed E-state index contributed by atoms with van der Waals surface area (Å²) >= 11 is 0. The summed E-state index contributed by atoms with van der Waals surface area (Å²) in [5, 5.41) is 2.66. The molecule has 2 aromatic rings. The Bertz CT molecular complexity index is 930. The normalized spacial score (nSPS) is 17.7. The van der Waals surface area contributed by atoms with Crippen LogP contribution in [0.15, 0.2) is 48.5 Å². The minimum Gasteiger partial charge on any atom is -0.493 e. The van der Waals surface area contributed by atoms with Gasteiger partial charge in [-0.05, 0) is 23.3 Å². The van der Waals surface area contributed by atoms with E-state index in [1.165, 1.54) is 26.2 Å². The molecule has 0 aliphatic carbocycles. The molecular weight excluding hydrogens is 388 g/mol. The number of hydrogen-bond acceptors (Lipinski definition) is 6. The molecule has 2 atom stereocenters. The van der Waals surface area contributed by atoms with Gasteiger partial charge in [-0.1, -0.05) is 36.4 Å². The average Bonchev–Trinajstić information content (AvgIpc) is 2.77. The predicted octanol–water partition coefficient (Wildman–Crippen LogP) is 1.32. The van der Waals surface area contributed by atoms with Gasteiger partial charge in [0.15, 0.2) is 17.5 Å². The molecule has 0 spiro atoms. The molecule has 1 fully saturated rings. The maximum absolute atomic E-state index is 12.7. The van der Waals surface area contributed by atoms with Gasteiger partial charge in [0.2, 0.25) is 11.8 Å². The van der Waals surface area contributed by atoms with Crippen molar-refractivity contribution < 1.29 is 28.6 Å². The van der Waals surface area contributed by atoms with Crippen LogP contribution in [0.25, 0.3) is 0 Å². The lowest BCUT2D eigenvalue weighted by Gasteiger charge is -2.45. The Balaban J connectivity index is 1.71. The molecule has 3 rings (SSSR count). The predicted molar refractivity (Wildman–Crippen MR) is 108 cm³/mol. The lowest BCUT2D eigenvalue weighted by molar-refractivity contribution is -0.170. The molecular formula is C22H24N2O6. The van der Waals surface area contributed by atoms with Gasteiger partial charge in [0, 0.05) is 6.54 Å². The molecule has 8 heteroatoms. The van der Waals surface area contributed by atoms with Crippen molar-refractivity contribution in [2.45, 2.75) is 25.0 Å². The number of hydrogen-bond donors (Lipinski definition) is 1. The Hall–Kier alpha value is -3.55. The highest BCUT2D eigenvalue weighted by molar-refractivity contribution is 6.02. The van der Waals surface area contributed by atoms with Crippen molar-refractivity contribution in [2.75, 3.05) is 21.3 Å². The Morgan fingerprint density at radius 3 is 2.30 bits per heavy atom. The van der Waals surface area contributed by atoms with Crippen molar-refractivity contribution in [1.82, 2.24) is 10.2 Å². The molecule has 1 heterocycles. The van der Waals surface area contributed by atoms with E-state index in [2.05, 4.69) is 5.32 Å². The summed E-state index contributed by atoms with van der Waals surface area (Å²) in [5.41, 5.74) is 1.57. The lowest BCUT2D eigenvalue weighted by atomic mass is 9.93. The van der Waals surface area contributed by atoms with Crippen LogP contribution in [0, 0.1) is 0 Å². The van der Waals surface area contributed by atoms with Gasteiger partial charge in [-0.15, -0.1) is 0 Å². The Morgan fingerprint density at radius 2 is 1.67 bits per heavy atom. The van der Waals surface area contributed by atoms with Gasteiger partial charge >= 0.3 is 5.97 Å². The molecule has 1 aliphatic heterocycles. The van der Waals surface area contributed by atoms with E-state index in [-0.39, 0.29) is 24.8 Å². The number of rotatable bonds is 8. The molecule has 30 heavy (non-hydrogen) atoms. The van der Waals surface area contributed by atoms with Gasteiger partial charge in [0.1, 0.15) is 6.04 Å². The van der Waals surface area contributed by atoms with Gasteiger partial charge in [0.25, 0.3) is 0 Å². The largest absolute Gasteiger partial charge is 0.493 e. The second-order valence-electron chi connectivity index (χ2n) is 6.83. The highest BCUT2D eigenvalue weighted by atomic mass is 16.5. The average molecular weight is 412 g/mol. The van der Waals surface area contributed by atoms with Gasteiger partial charge in [-0.2, -0.15) is 0 Å². The third-order valence-corrected chi connectivity index (χ3v) is 4.97. The summed E-state index contributed by atoms with van der Waals surface area (Å²) in [7, 11) is 4.31. The summed E-state index contributed by atoms with van der Waals surface area (Å²) in [4.78, 5) is 38.8. The topological polar surface area (TPSA) is 94.2 Å². The number of amides is 2. The van der Waals surface area contributed by atoms with E-state index in [4.69, 9.17) is 14.2 Å². The summed E-state index contributed by atoms with van der Waals surface area (Å²) in [5.74, 6) is -0.182. The molecule has 158 valence electrons. The molecule has 0 saturated carbocycles. The van der Waals surface area contributed by atoms with Crippen molar-refractivity contribution in [3.8, 4) is 11.5 Å². The van der Waals surface area contributed by atoms with Gasteiger partial charge in [-0.25, -0.2) is 4.79 Å². The van der Waals surface area contributed by atoms with Crippen LogP contribution in [0.5, 0.6) is 11.5 Å². The van der Waals surface area contributed by atoms with Crippen LogP contribution in [0.2, 0.25) is 0 Å². The highest BCUT2D eigenvalue weighted by Crippen LogP contribution is 2.30. The van der Waals surface area contributed by atoms with Crippen molar-refractivity contribution in [3.63, 3.8) is 0 Å². The molecule has 8 nitrogen and oxygen atoms in total. The lowest BCUT2D eigenvalue weighted by Crippen LogP contribution is -2.73. The maximum Gasteiger partial charge on any atom is 0.331 e. The van der Waals surface area contributed by atoms with Crippen LogP contribution in [-0.2, 0) is 32.1 Å². The first kappa shape index (κ1) is 21.2. The Kier molecular flexibility index (Phi) is 6.56. The highest BCUT2D eigenvalue weighted by Gasteiger charge is 2.52. The summed E-state index contributed by atoms with van der Waals surface area (Å²) < 4.78 is 15.4. The molecule has 1 saturated heterocycles. The third kappa shape index (κ3) is 4.37. The fourth-order valence-electron chi connectivity index (χ4n) is 3.43. The number of carbonyl (C=O) groups excluding carboxylic acids is 3. The number of likely N-dealkylation sites (tertiary alicyclic amines) is 1. The molecule has 0 radical (unpaired) electrons. The molecule has 0 aromatic heterocycles. The van der Waals surface area contributed by atoms with Crippen molar-refractivity contribution in [1.29, 1.82) is 0 Å². The van der Waals surface area contributed by atoms with Gasteiger partial charge < -0.3 is 24.4 Å². The number of nitrogens with zero attached hydrogens (tertiary/aromatic N) is 1. The number of nitrogens with one attached hydrogen (secondary N) is 1. The third-order valence-electron chi connectivity index (χ3n) is 4.97. The fraction of sp³-hybridized carbons (Fsp3) is 0.318. The first-order valence-electron chi connectivity index (χ1n) is 9.41. The zero-order chi connectivity index (χ0) is 21.7. The SMILES string of the molecule is COC(=O)C1C(NC(=O)Cc2ccccc2)C(=O)N1Cc1ccc(OC)c(OC)c1. The van der Waals surface area contributed by atoms with E-state index in [0.717, 1.165) is 11.1 Å². The fourth-order valence-corrected chi connectivity index (χ4v) is 3.43. The minimum atomic E-state index is -0.950. The van der Waals surface area contributed by atoms with Crippen LogP contribution < -0.4 is 14.8 Å². The van der Waals surface area contributed by atoms with E-state index in [9.17, 15) is 14.4 Å². The van der Waals surface area contributed by atoms with Crippen LogP contribution in [0.4, 0.5) is 0 Å². The number of carbonyl (C=O) groups is 3. The maximum atomic E-state index is 12.7. The molecule has 2 amide bonds. The van der Waals surface area contributed by atoms with E-state index in [1.54, 1.807) is 18.2 Å². The quantitative estimate of drug-likeness (QED) is 0.519. The van der Waals surface area contributed by atoms with E-state index >= 15 is 0 Å². The van der Waals surface area contributed by atoms with Gasteiger partial charge in [0.05, 0.1) is 27.8 Å². The monoisotopic (exact) mass is 412 g/mol. The zero-order valence-electron chi connectivity index (χ0n) is 17.1. The Labute approximate surface area is 174 Å². The van der Waals surface area contributed by atoms with Crippen molar-refractivity contribution in [2.24, 2.45) is 0 Å². The molecule has 2 unspecified atom stereocenters. The summed E-state index contributed by atoms with van der Waals surface area (Å²) in [6, 6.07) is 12.6. The molecule has 1 N–H and O–H groups in total. The molecule has 2 aromatic carbocycles. The van der Waals surface area contributed by atoms with Crippen molar-refractivity contribution in [3.05, 3.63) is 59.7 Å². The number of β-lactam (4-membered cyclic amide) rings is 1. The Morgan fingerprint density at radius 1 is 0.967 bits per heavy atom. The second kappa shape index (κ2) is 9.30. The number of ether oxygens (including phenoxy) is 3. The van der Waals surface area contributed by atoms with Crippen LogP contribution in [-0.4, -0.2) is 56.1 Å². The van der Waals surface area contributed by atoms with E-state index in [0.29, 0.717) is 11.5 Å². The summed E-state index contributed by atoms with van der Waals surface area (Å²) in [6.07, 6.45) is 0.119. The molecule has 0 bridgehead atoms.